The van der Waals surface area contributed by atoms with Gasteiger partial charge in [-0.15, -0.1) is 0 Å². The molecule has 0 spiro atoms. The summed E-state index contributed by atoms with van der Waals surface area (Å²) in [7, 11) is -1.53. The Bertz CT molecular complexity index is 521. The second-order valence-corrected chi connectivity index (χ2v) is 11.1. The maximum Gasteiger partial charge on any atom is 0.417 e. The van der Waals surface area contributed by atoms with Gasteiger partial charge in [0, 0.05) is 17.3 Å². The van der Waals surface area contributed by atoms with Crippen LogP contribution in [-0.2, 0) is 6.18 Å². The summed E-state index contributed by atoms with van der Waals surface area (Å²) < 4.78 is 38.3. The number of halogens is 3. The minimum Gasteiger partial charge on any atom is -0.355 e. The average Bonchev–Trinajstić information content (AvgIpc) is 2.33. The lowest BCUT2D eigenvalue weighted by atomic mass is 10.0. The molecule has 1 amide bonds. The standard InChI is InChI=1S/C13H16F3NO2Si/c1-20(2,3)8-17-12(19)9-4-5-10(7-18)11(6-9)13(14,15)16/h4-7H,8H2,1-3H3,(H,17,19). The van der Waals surface area contributed by atoms with Gasteiger partial charge in [-0.1, -0.05) is 25.7 Å². The van der Waals surface area contributed by atoms with Crippen molar-refractivity contribution >= 4 is 20.3 Å². The molecule has 1 rings (SSSR count). The number of carbonyl (C=O) groups excluding carboxylic acids is 2. The topological polar surface area (TPSA) is 46.2 Å². The van der Waals surface area contributed by atoms with E-state index in [2.05, 4.69) is 5.32 Å². The van der Waals surface area contributed by atoms with E-state index >= 15 is 0 Å². The van der Waals surface area contributed by atoms with Crippen molar-refractivity contribution in [2.24, 2.45) is 0 Å². The number of nitrogens with one attached hydrogen (secondary N) is 1. The van der Waals surface area contributed by atoms with E-state index in [4.69, 9.17) is 0 Å². The Labute approximate surface area is 116 Å². The fraction of sp³-hybridized carbons (Fsp3) is 0.385. The molecule has 110 valence electrons. The second-order valence-electron chi connectivity index (χ2n) is 5.66. The molecular weight excluding hydrogens is 287 g/mol. The maximum atomic E-state index is 12.8. The van der Waals surface area contributed by atoms with Crippen LogP contribution in [0.5, 0.6) is 0 Å². The molecule has 0 heterocycles. The van der Waals surface area contributed by atoms with Gasteiger partial charge >= 0.3 is 6.18 Å². The van der Waals surface area contributed by atoms with E-state index in [1.165, 1.54) is 6.07 Å². The summed E-state index contributed by atoms with van der Waals surface area (Å²) in [6, 6.07) is 2.95. The Balaban J connectivity index is 3.03. The van der Waals surface area contributed by atoms with Crippen molar-refractivity contribution in [2.45, 2.75) is 25.8 Å². The normalized spacial score (nSPS) is 12.1. The quantitative estimate of drug-likeness (QED) is 0.686. The fourth-order valence-electron chi connectivity index (χ4n) is 1.49. The highest BCUT2D eigenvalue weighted by atomic mass is 28.3. The molecule has 20 heavy (non-hydrogen) atoms. The highest BCUT2D eigenvalue weighted by Crippen LogP contribution is 2.32. The molecule has 0 atom stereocenters. The van der Waals surface area contributed by atoms with Crippen molar-refractivity contribution in [2.75, 3.05) is 6.17 Å². The number of hydrogen-bond donors (Lipinski definition) is 1. The number of aldehydes is 1. The van der Waals surface area contributed by atoms with Crippen LogP contribution in [-0.4, -0.2) is 26.4 Å². The van der Waals surface area contributed by atoms with Gasteiger partial charge in [-0.05, 0) is 12.1 Å². The molecule has 7 heteroatoms. The van der Waals surface area contributed by atoms with Gasteiger partial charge in [0.15, 0.2) is 6.29 Å². The SMILES string of the molecule is C[Si](C)(C)CNC(=O)c1ccc(C=O)c(C(F)(F)F)c1. The van der Waals surface area contributed by atoms with Crippen LogP contribution in [0.15, 0.2) is 18.2 Å². The van der Waals surface area contributed by atoms with Gasteiger partial charge in [0.05, 0.1) is 13.6 Å². The van der Waals surface area contributed by atoms with Crippen molar-refractivity contribution in [3.8, 4) is 0 Å². The molecule has 0 bridgehead atoms. The largest absolute Gasteiger partial charge is 0.417 e. The Morgan fingerprint density at radius 1 is 1.30 bits per heavy atom. The molecule has 0 aromatic heterocycles. The fourth-order valence-corrected chi connectivity index (χ4v) is 2.18. The van der Waals surface area contributed by atoms with E-state index in [1.807, 2.05) is 19.6 Å². The van der Waals surface area contributed by atoms with E-state index in [1.54, 1.807) is 0 Å². The lowest BCUT2D eigenvalue weighted by Crippen LogP contribution is -2.39. The van der Waals surface area contributed by atoms with Crippen molar-refractivity contribution in [1.29, 1.82) is 0 Å². The summed E-state index contributed by atoms with van der Waals surface area (Å²) in [5.41, 5.74) is -1.66. The molecule has 0 unspecified atom stereocenters. The molecule has 0 aliphatic heterocycles. The van der Waals surface area contributed by atoms with Crippen molar-refractivity contribution in [3.05, 3.63) is 34.9 Å². The lowest BCUT2D eigenvalue weighted by Gasteiger charge is -2.17. The Hall–Kier alpha value is -1.63. The lowest BCUT2D eigenvalue weighted by molar-refractivity contribution is -0.137. The number of amides is 1. The third-order valence-electron chi connectivity index (χ3n) is 2.53. The summed E-state index contributed by atoms with van der Waals surface area (Å²) in [6.45, 7) is 6.09. The number of carbonyl (C=O) groups is 2. The van der Waals surface area contributed by atoms with Gasteiger partial charge in [0.25, 0.3) is 5.91 Å². The van der Waals surface area contributed by atoms with Crippen molar-refractivity contribution in [1.82, 2.24) is 5.32 Å². The number of alkyl halides is 3. The minimum atomic E-state index is -4.66. The molecule has 1 aromatic carbocycles. The highest BCUT2D eigenvalue weighted by Gasteiger charge is 2.34. The molecular formula is C13H16F3NO2Si. The van der Waals surface area contributed by atoms with Gasteiger partial charge in [0.2, 0.25) is 0 Å². The zero-order chi connectivity index (χ0) is 15.6. The van der Waals surface area contributed by atoms with Crippen LogP contribution >= 0.6 is 0 Å². The van der Waals surface area contributed by atoms with Crippen LogP contribution in [0.3, 0.4) is 0 Å². The van der Waals surface area contributed by atoms with Crippen molar-refractivity contribution in [3.63, 3.8) is 0 Å². The third-order valence-corrected chi connectivity index (χ3v) is 3.76. The van der Waals surface area contributed by atoms with Crippen LogP contribution in [0.4, 0.5) is 13.2 Å². The molecule has 0 aliphatic carbocycles. The summed E-state index contributed by atoms with van der Waals surface area (Å²) in [6.07, 6.45) is -4.06. The van der Waals surface area contributed by atoms with Crippen LogP contribution in [0.2, 0.25) is 19.6 Å². The molecule has 0 aliphatic rings. The molecule has 0 saturated heterocycles. The Kier molecular flexibility index (Phi) is 4.75. The van der Waals surface area contributed by atoms with E-state index in [9.17, 15) is 22.8 Å². The van der Waals surface area contributed by atoms with Gasteiger partial charge in [-0.2, -0.15) is 13.2 Å². The molecule has 0 radical (unpaired) electrons. The second kappa shape index (κ2) is 5.78. The highest BCUT2D eigenvalue weighted by molar-refractivity contribution is 6.76. The van der Waals surface area contributed by atoms with E-state index in [0.717, 1.165) is 6.07 Å². The number of rotatable bonds is 4. The minimum absolute atomic E-state index is 0.0961. The average molecular weight is 303 g/mol. The Morgan fingerprint density at radius 2 is 1.90 bits per heavy atom. The molecule has 0 fully saturated rings. The first kappa shape index (κ1) is 16.4. The summed E-state index contributed by atoms with van der Waals surface area (Å²) in [5, 5.41) is 2.62. The Morgan fingerprint density at radius 3 is 2.35 bits per heavy atom. The zero-order valence-electron chi connectivity index (χ0n) is 11.5. The predicted octanol–water partition coefficient (Wildman–Crippen LogP) is 3.13. The zero-order valence-corrected chi connectivity index (χ0v) is 12.5. The smallest absolute Gasteiger partial charge is 0.355 e. The van der Waals surface area contributed by atoms with E-state index in [0.29, 0.717) is 12.2 Å². The maximum absolute atomic E-state index is 12.8. The number of hydrogen-bond acceptors (Lipinski definition) is 2. The summed E-state index contributed by atoms with van der Waals surface area (Å²) in [4.78, 5) is 22.4. The van der Waals surface area contributed by atoms with Crippen molar-refractivity contribution < 1.29 is 22.8 Å². The molecule has 1 aromatic rings. The first-order valence-electron chi connectivity index (χ1n) is 5.99. The van der Waals surface area contributed by atoms with Gasteiger partial charge in [-0.25, -0.2) is 0 Å². The summed E-state index contributed by atoms with van der Waals surface area (Å²) >= 11 is 0. The van der Waals surface area contributed by atoms with Crippen LogP contribution in [0, 0.1) is 0 Å². The summed E-state index contributed by atoms with van der Waals surface area (Å²) in [5.74, 6) is -0.560. The predicted molar refractivity (Wildman–Crippen MR) is 72.5 cm³/mol. The number of benzene rings is 1. The van der Waals surface area contributed by atoms with Crippen LogP contribution < -0.4 is 5.32 Å². The molecule has 1 N–H and O–H groups in total. The van der Waals surface area contributed by atoms with Gasteiger partial charge in [0.1, 0.15) is 0 Å². The van der Waals surface area contributed by atoms with Crippen LogP contribution in [0.1, 0.15) is 26.3 Å². The van der Waals surface area contributed by atoms with E-state index in [-0.39, 0.29) is 11.8 Å². The van der Waals surface area contributed by atoms with Crippen LogP contribution in [0.25, 0.3) is 0 Å². The monoisotopic (exact) mass is 303 g/mol. The van der Waals surface area contributed by atoms with E-state index < -0.39 is 31.3 Å². The van der Waals surface area contributed by atoms with Gasteiger partial charge in [-0.3, -0.25) is 9.59 Å². The first-order valence-corrected chi connectivity index (χ1v) is 9.70. The first-order chi connectivity index (χ1) is 9.04. The third kappa shape index (κ3) is 4.48. The van der Waals surface area contributed by atoms with Gasteiger partial charge < -0.3 is 5.32 Å². The molecule has 0 saturated carbocycles. The molecule has 3 nitrogen and oxygen atoms in total.